The maximum Gasteiger partial charge on any atom is 0.235 e. The van der Waals surface area contributed by atoms with Crippen LogP contribution in [-0.4, -0.2) is 11.5 Å². The number of aryl methyl sites for hydroxylation is 4. The van der Waals surface area contributed by atoms with Gasteiger partial charge in [0.15, 0.2) is 13.1 Å². The molecule has 2 heterocycles. The van der Waals surface area contributed by atoms with Gasteiger partial charge >= 0.3 is 0 Å². The number of hydrogen-bond donors (Lipinski definition) is 0. The molecule has 0 aliphatic carbocycles. The Bertz CT molecular complexity index is 951. The third-order valence-electron chi connectivity index (χ3n) is 4.47. The lowest BCUT2D eigenvalue weighted by Crippen LogP contribution is -2.36. The minimum atomic E-state index is 1.08. The molecule has 0 spiro atoms. The van der Waals surface area contributed by atoms with E-state index in [-0.39, 0.29) is 0 Å². The van der Waals surface area contributed by atoms with E-state index in [0.717, 1.165) is 24.6 Å². The molecule has 2 aromatic heterocycles. The van der Waals surface area contributed by atoms with Crippen LogP contribution >= 0.6 is 44.3 Å². The van der Waals surface area contributed by atoms with Crippen LogP contribution < -0.4 is 9.13 Å². The molecule has 0 saturated heterocycles. The predicted octanol–water partition coefficient (Wildman–Crippen LogP) is 5.39. The van der Waals surface area contributed by atoms with Gasteiger partial charge in [-0.15, -0.1) is 0 Å². The number of para-hydroxylation sites is 2. The van der Waals surface area contributed by atoms with E-state index in [1.54, 1.807) is 0 Å². The van der Waals surface area contributed by atoms with E-state index in [0.29, 0.717) is 0 Å². The van der Waals surface area contributed by atoms with Crippen molar-refractivity contribution in [3.63, 3.8) is 0 Å². The second-order valence-electron chi connectivity index (χ2n) is 6.12. The zero-order valence-electron chi connectivity index (χ0n) is 15.0. The average Bonchev–Trinajstić information content (AvgIpc) is 3.14. The fraction of sp³-hybridized carbons (Fsp3) is 0.300. The quantitative estimate of drug-likeness (QED) is 0.226. The summed E-state index contributed by atoms with van der Waals surface area (Å²) in [4.78, 5) is 0. The van der Waals surface area contributed by atoms with Gasteiger partial charge in [0.2, 0.25) is 21.0 Å². The smallest absolute Gasteiger partial charge is 0.185 e. The van der Waals surface area contributed by atoms with Gasteiger partial charge in [0.1, 0.15) is 9.40 Å². The molecule has 0 aliphatic heterocycles. The summed E-state index contributed by atoms with van der Waals surface area (Å²) in [5.74, 6) is 2.29. The highest BCUT2D eigenvalue weighted by atomic mass is 33.1. The minimum absolute atomic E-state index is 1.08. The van der Waals surface area contributed by atoms with Crippen LogP contribution in [-0.2, 0) is 13.1 Å². The molecule has 0 fully saturated rings. The summed E-state index contributed by atoms with van der Waals surface area (Å²) >= 11 is 3.79. The highest BCUT2D eigenvalue weighted by molar-refractivity contribution is 8.76. The van der Waals surface area contributed by atoms with Crippen LogP contribution in [0.1, 0.15) is 10.0 Å². The number of rotatable bonds is 7. The first-order valence-electron chi connectivity index (χ1n) is 8.74. The fourth-order valence-electron chi connectivity index (χ4n) is 3.23. The predicted molar refractivity (Wildman–Crippen MR) is 118 cm³/mol. The second kappa shape index (κ2) is 8.30. The maximum absolute atomic E-state index is 2.46. The largest absolute Gasteiger partial charge is 0.235 e. The molecule has 4 rings (SSSR count). The van der Waals surface area contributed by atoms with Crippen molar-refractivity contribution < 1.29 is 9.13 Å². The summed E-state index contributed by atoms with van der Waals surface area (Å²) in [7, 11) is 3.98. The van der Waals surface area contributed by atoms with Gasteiger partial charge in [-0.1, -0.05) is 68.5 Å². The summed E-state index contributed by atoms with van der Waals surface area (Å²) in [6.07, 6.45) is 0. The summed E-state index contributed by atoms with van der Waals surface area (Å²) in [5, 5.41) is 2.79. The molecule has 4 aromatic rings. The van der Waals surface area contributed by atoms with Crippen molar-refractivity contribution in [2.24, 2.45) is 0 Å². The van der Waals surface area contributed by atoms with E-state index >= 15 is 0 Å². The molecular formula is C20H22N2S4+2. The molecule has 2 nitrogen and oxygen atoms in total. The van der Waals surface area contributed by atoms with Gasteiger partial charge in [-0.2, -0.15) is 9.13 Å². The Kier molecular flexibility index (Phi) is 5.84. The van der Waals surface area contributed by atoms with E-state index < -0.39 is 0 Å². The Morgan fingerprint density at radius 3 is 1.58 bits per heavy atom. The zero-order valence-corrected chi connectivity index (χ0v) is 18.2. The van der Waals surface area contributed by atoms with Crippen molar-refractivity contribution in [3.8, 4) is 0 Å². The molecule has 0 atom stereocenters. The lowest BCUT2D eigenvalue weighted by Gasteiger charge is -1.99. The van der Waals surface area contributed by atoms with E-state index in [9.17, 15) is 0 Å². The molecule has 134 valence electrons. The molecule has 0 amide bonds. The summed E-state index contributed by atoms with van der Waals surface area (Å²) < 4.78 is 7.69. The van der Waals surface area contributed by atoms with Crippen LogP contribution in [0.15, 0.2) is 48.5 Å². The first-order valence-corrected chi connectivity index (χ1v) is 12.9. The number of fused-ring (bicyclic) bond motifs is 2. The normalized spacial score (nSPS) is 11.6. The van der Waals surface area contributed by atoms with Crippen LogP contribution in [0.2, 0.25) is 0 Å². The first kappa shape index (κ1) is 18.3. The molecule has 0 bridgehead atoms. The molecule has 0 saturated carbocycles. The summed E-state index contributed by atoms with van der Waals surface area (Å²) in [5.41, 5.74) is 2.74. The molecule has 26 heavy (non-hydrogen) atoms. The van der Waals surface area contributed by atoms with Crippen LogP contribution in [0.3, 0.4) is 0 Å². The van der Waals surface area contributed by atoms with Crippen LogP contribution in [0.25, 0.3) is 20.4 Å². The van der Waals surface area contributed by atoms with Crippen LogP contribution in [0.5, 0.6) is 0 Å². The molecule has 0 radical (unpaired) electrons. The van der Waals surface area contributed by atoms with E-state index in [2.05, 4.69) is 71.5 Å². The standard InChI is InChI=1S/C20H22N2S4/c1-15-21(17-7-3-5-9-19(17)25-15)11-13-23-24-14-12-22-16(2)26-20-10-6-4-8-18(20)22/h3-10H,11-14H2,1-2H3/q+2. The fourth-order valence-corrected chi connectivity index (χ4v) is 7.23. The monoisotopic (exact) mass is 418 g/mol. The van der Waals surface area contributed by atoms with E-state index in [1.165, 1.54) is 30.4 Å². The van der Waals surface area contributed by atoms with Crippen molar-refractivity contribution in [1.82, 2.24) is 0 Å². The van der Waals surface area contributed by atoms with Crippen molar-refractivity contribution in [1.29, 1.82) is 0 Å². The number of nitrogens with zero attached hydrogens (tertiary/aromatic N) is 2. The van der Waals surface area contributed by atoms with Gasteiger partial charge in [-0.05, 0) is 12.1 Å². The van der Waals surface area contributed by atoms with Gasteiger partial charge in [-0.25, -0.2) is 0 Å². The third-order valence-corrected chi connectivity index (χ3v) is 8.99. The molecule has 0 unspecified atom stereocenters. The van der Waals surface area contributed by atoms with Gasteiger partial charge in [0, 0.05) is 26.0 Å². The van der Waals surface area contributed by atoms with Gasteiger partial charge in [0.25, 0.3) is 0 Å². The minimum Gasteiger partial charge on any atom is -0.185 e. The van der Waals surface area contributed by atoms with E-state index in [4.69, 9.17) is 0 Å². The van der Waals surface area contributed by atoms with Crippen molar-refractivity contribution in [2.45, 2.75) is 26.9 Å². The summed E-state index contributed by atoms with van der Waals surface area (Å²) in [6, 6.07) is 17.4. The third kappa shape index (κ3) is 3.79. The number of thiazole rings is 2. The Hall–Kier alpha value is -1.08. The molecular weight excluding hydrogens is 397 g/mol. The lowest BCUT2D eigenvalue weighted by molar-refractivity contribution is -0.668. The van der Waals surface area contributed by atoms with Crippen molar-refractivity contribution in [3.05, 3.63) is 58.5 Å². The van der Waals surface area contributed by atoms with Crippen molar-refractivity contribution >= 4 is 64.7 Å². The average molecular weight is 419 g/mol. The van der Waals surface area contributed by atoms with Crippen LogP contribution in [0.4, 0.5) is 0 Å². The number of benzene rings is 2. The molecule has 0 N–H and O–H groups in total. The van der Waals surface area contributed by atoms with Gasteiger partial charge in [-0.3, -0.25) is 0 Å². The number of aromatic nitrogens is 2. The summed E-state index contributed by atoms with van der Waals surface area (Å²) in [6.45, 7) is 6.62. The Morgan fingerprint density at radius 1 is 0.692 bits per heavy atom. The second-order valence-corrected chi connectivity index (χ2v) is 11.3. The maximum atomic E-state index is 2.46. The van der Waals surface area contributed by atoms with E-state index in [1.807, 2.05) is 44.3 Å². The number of hydrogen-bond acceptors (Lipinski definition) is 4. The Balaban J connectivity index is 1.29. The van der Waals surface area contributed by atoms with Crippen LogP contribution in [0, 0.1) is 13.8 Å². The lowest BCUT2D eigenvalue weighted by atomic mass is 10.3. The zero-order chi connectivity index (χ0) is 17.9. The van der Waals surface area contributed by atoms with Gasteiger partial charge in [0.05, 0.1) is 11.5 Å². The Labute approximate surface area is 170 Å². The van der Waals surface area contributed by atoms with Gasteiger partial charge < -0.3 is 0 Å². The topological polar surface area (TPSA) is 7.76 Å². The SMILES string of the molecule is Cc1sc2ccccc2[n+]1CCSSCC[n+]1c(C)sc2ccccc21. The van der Waals surface area contributed by atoms with Crippen molar-refractivity contribution in [2.75, 3.05) is 11.5 Å². The highest BCUT2D eigenvalue weighted by Gasteiger charge is 2.17. The first-order chi connectivity index (χ1) is 12.7. The molecule has 6 heteroatoms. The highest BCUT2D eigenvalue weighted by Crippen LogP contribution is 2.24. The Morgan fingerprint density at radius 2 is 1.12 bits per heavy atom. The molecule has 2 aromatic carbocycles. The molecule has 0 aliphatic rings.